The summed E-state index contributed by atoms with van der Waals surface area (Å²) < 4.78 is 0. The lowest BCUT2D eigenvalue weighted by molar-refractivity contribution is -0.918. The Hall–Kier alpha value is -2.17. The van der Waals surface area contributed by atoms with E-state index >= 15 is 0 Å². The fourth-order valence-electron chi connectivity index (χ4n) is 2.65. The third-order valence-corrected chi connectivity index (χ3v) is 5.78. The van der Waals surface area contributed by atoms with Crippen molar-refractivity contribution in [3.63, 3.8) is 0 Å². The molecule has 3 aromatic rings. The highest BCUT2D eigenvalue weighted by Crippen LogP contribution is 2.20. The summed E-state index contributed by atoms with van der Waals surface area (Å²) in [7, 11) is 0. The van der Waals surface area contributed by atoms with Crippen LogP contribution in [0.1, 0.15) is 15.3 Å². The molecule has 0 unspecified atom stereocenters. The SMILES string of the molecule is N#Cc1ccc(Cl)cc1NC(=O)C[NH+](Cc1cccs1)Cc1cccs1. The van der Waals surface area contributed by atoms with Crippen LogP contribution >= 0.6 is 34.3 Å². The second kappa shape index (κ2) is 8.97. The van der Waals surface area contributed by atoms with E-state index in [4.69, 9.17) is 11.6 Å². The van der Waals surface area contributed by atoms with Gasteiger partial charge in [-0.25, -0.2) is 0 Å². The smallest absolute Gasteiger partial charge is 0.279 e. The van der Waals surface area contributed by atoms with Gasteiger partial charge in [-0.3, -0.25) is 4.79 Å². The van der Waals surface area contributed by atoms with Crippen molar-refractivity contribution in [1.82, 2.24) is 0 Å². The Morgan fingerprint density at radius 1 is 1.12 bits per heavy atom. The predicted molar refractivity (Wildman–Crippen MR) is 107 cm³/mol. The van der Waals surface area contributed by atoms with Crippen molar-refractivity contribution in [1.29, 1.82) is 5.26 Å². The summed E-state index contributed by atoms with van der Waals surface area (Å²) in [5.41, 5.74) is 0.859. The molecule has 0 fully saturated rings. The van der Waals surface area contributed by atoms with Crippen LogP contribution in [0, 0.1) is 11.3 Å². The van der Waals surface area contributed by atoms with E-state index in [0.29, 0.717) is 22.8 Å². The van der Waals surface area contributed by atoms with Gasteiger partial charge in [0.2, 0.25) is 0 Å². The molecule has 26 heavy (non-hydrogen) atoms. The number of carbonyl (C=O) groups is 1. The molecule has 2 aromatic heterocycles. The Morgan fingerprint density at radius 3 is 2.31 bits per heavy atom. The Balaban J connectivity index is 1.70. The van der Waals surface area contributed by atoms with Gasteiger partial charge < -0.3 is 10.2 Å². The van der Waals surface area contributed by atoms with Gasteiger partial charge in [0.25, 0.3) is 5.91 Å². The molecule has 0 radical (unpaired) electrons. The first-order valence-electron chi connectivity index (χ1n) is 8.02. The summed E-state index contributed by atoms with van der Waals surface area (Å²) in [5, 5.41) is 16.6. The maximum absolute atomic E-state index is 12.6. The Kier molecular flexibility index (Phi) is 6.42. The van der Waals surface area contributed by atoms with Crippen LogP contribution in [0.3, 0.4) is 0 Å². The first-order valence-corrected chi connectivity index (χ1v) is 10.2. The molecule has 0 saturated heterocycles. The molecular weight excluding hydrogens is 386 g/mol. The van der Waals surface area contributed by atoms with E-state index in [0.717, 1.165) is 18.0 Å². The third-order valence-electron chi connectivity index (χ3n) is 3.80. The summed E-state index contributed by atoms with van der Waals surface area (Å²) >= 11 is 9.38. The molecule has 0 spiro atoms. The molecule has 0 aliphatic heterocycles. The zero-order chi connectivity index (χ0) is 18.4. The Morgan fingerprint density at radius 2 is 1.77 bits per heavy atom. The topological polar surface area (TPSA) is 57.3 Å². The highest BCUT2D eigenvalue weighted by molar-refractivity contribution is 7.10. The lowest BCUT2D eigenvalue weighted by atomic mass is 10.2. The van der Waals surface area contributed by atoms with Gasteiger partial charge in [-0.15, -0.1) is 22.7 Å². The van der Waals surface area contributed by atoms with Gasteiger partial charge in [0.05, 0.1) is 21.0 Å². The molecule has 2 heterocycles. The van der Waals surface area contributed by atoms with Gasteiger partial charge in [0.1, 0.15) is 19.2 Å². The molecule has 132 valence electrons. The molecule has 2 N–H and O–H groups in total. The molecule has 7 heteroatoms. The third kappa shape index (κ3) is 5.16. The molecule has 1 amide bonds. The van der Waals surface area contributed by atoms with Gasteiger partial charge in [-0.1, -0.05) is 23.7 Å². The minimum absolute atomic E-state index is 0.133. The van der Waals surface area contributed by atoms with Crippen LogP contribution in [0.15, 0.2) is 53.2 Å². The quantitative estimate of drug-likeness (QED) is 0.634. The molecule has 0 atom stereocenters. The van der Waals surface area contributed by atoms with Crippen molar-refractivity contribution in [2.45, 2.75) is 13.1 Å². The summed E-state index contributed by atoms with van der Waals surface area (Å²) in [6.07, 6.45) is 0. The molecular formula is C19H17ClN3OS2+. The van der Waals surface area contributed by atoms with Crippen molar-refractivity contribution in [3.8, 4) is 6.07 Å². The highest BCUT2D eigenvalue weighted by atomic mass is 35.5. The summed E-state index contributed by atoms with van der Waals surface area (Å²) in [4.78, 5) is 16.2. The van der Waals surface area contributed by atoms with Crippen molar-refractivity contribution in [3.05, 3.63) is 73.6 Å². The summed E-state index contributed by atoms with van der Waals surface area (Å²) in [5.74, 6) is -0.133. The van der Waals surface area contributed by atoms with Crippen molar-refractivity contribution in [2.24, 2.45) is 0 Å². The molecule has 4 nitrogen and oxygen atoms in total. The number of nitrogens with zero attached hydrogens (tertiary/aromatic N) is 1. The second-order valence-electron chi connectivity index (χ2n) is 5.79. The number of anilines is 1. The minimum atomic E-state index is -0.133. The van der Waals surface area contributed by atoms with E-state index in [1.54, 1.807) is 40.9 Å². The Bertz CT molecular complexity index is 865. The first-order chi connectivity index (χ1) is 12.6. The van der Waals surface area contributed by atoms with Crippen molar-refractivity contribution < 1.29 is 9.69 Å². The summed E-state index contributed by atoms with van der Waals surface area (Å²) in [6.45, 7) is 1.88. The van der Waals surface area contributed by atoms with Gasteiger partial charge in [-0.2, -0.15) is 5.26 Å². The average molecular weight is 403 g/mol. The molecule has 0 bridgehead atoms. The van der Waals surface area contributed by atoms with Crippen LogP contribution in [-0.4, -0.2) is 12.5 Å². The number of hydrogen-bond donors (Lipinski definition) is 2. The molecule has 0 aliphatic carbocycles. The van der Waals surface area contributed by atoms with Gasteiger partial charge in [0, 0.05) is 5.02 Å². The van der Waals surface area contributed by atoms with E-state index in [-0.39, 0.29) is 5.91 Å². The van der Waals surface area contributed by atoms with Crippen LogP contribution in [-0.2, 0) is 17.9 Å². The van der Waals surface area contributed by atoms with E-state index in [9.17, 15) is 10.1 Å². The maximum atomic E-state index is 12.6. The highest BCUT2D eigenvalue weighted by Gasteiger charge is 2.18. The van der Waals surface area contributed by atoms with E-state index in [1.807, 2.05) is 22.9 Å². The number of rotatable bonds is 7. The van der Waals surface area contributed by atoms with Gasteiger partial charge >= 0.3 is 0 Å². The summed E-state index contributed by atoms with van der Waals surface area (Å²) in [6, 6.07) is 15.1. The predicted octanol–water partition coefficient (Wildman–Crippen LogP) is 3.56. The van der Waals surface area contributed by atoms with Crippen LogP contribution in [0.4, 0.5) is 5.69 Å². The zero-order valence-electron chi connectivity index (χ0n) is 13.9. The van der Waals surface area contributed by atoms with Crippen LogP contribution < -0.4 is 10.2 Å². The lowest BCUT2D eigenvalue weighted by Gasteiger charge is -2.18. The van der Waals surface area contributed by atoms with Crippen molar-refractivity contribution >= 4 is 45.9 Å². The fraction of sp³-hybridized carbons (Fsp3) is 0.158. The number of nitrogens with one attached hydrogen (secondary N) is 2. The largest absolute Gasteiger partial charge is 0.320 e. The van der Waals surface area contributed by atoms with E-state index in [2.05, 4.69) is 23.5 Å². The number of benzene rings is 1. The zero-order valence-corrected chi connectivity index (χ0v) is 16.3. The number of quaternary nitrogens is 1. The molecule has 0 saturated carbocycles. The average Bonchev–Trinajstić information content (AvgIpc) is 3.29. The lowest BCUT2D eigenvalue weighted by Crippen LogP contribution is -3.10. The van der Waals surface area contributed by atoms with Crippen molar-refractivity contribution in [2.75, 3.05) is 11.9 Å². The Labute approximate surface area is 165 Å². The van der Waals surface area contributed by atoms with Crippen LogP contribution in [0.25, 0.3) is 0 Å². The number of amides is 1. The minimum Gasteiger partial charge on any atom is -0.320 e. The molecule has 1 aromatic carbocycles. The van der Waals surface area contributed by atoms with E-state index < -0.39 is 0 Å². The fourth-order valence-corrected chi connectivity index (χ4v) is 4.37. The van der Waals surface area contributed by atoms with Crippen LogP contribution in [0.2, 0.25) is 5.02 Å². The number of thiophene rings is 2. The normalized spacial score (nSPS) is 10.7. The second-order valence-corrected chi connectivity index (χ2v) is 8.29. The number of carbonyl (C=O) groups excluding carboxylic acids is 1. The van der Waals surface area contributed by atoms with E-state index in [1.165, 1.54) is 9.75 Å². The number of hydrogen-bond acceptors (Lipinski definition) is 4. The maximum Gasteiger partial charge on any atom is 0.279 e. The molecule has 3 rings (SSSR count). The number of nitriles is 1. The van der Waals surface area contributed by atoms with Gasteiger partial charge in [-0.05, 0) is 41.1 Å². The van der Waals surface area contributed by atoms with Crippen LogP contribution in [0.5, 0.6) is 0 Å². The number of halogens is 1. The first kappa shape index (κ1) is 18.6. The standard InChI is InChI=1S/C19H16ClN3OS2/c20-15-6-5-14(10-21)18(9-15)22-19(24)13-23(11-16-3-1-7-25-16)12-17-4-2-8-26-17/h1-9H,11-13H2,(H,22,24)/p+1. The van der Waals surface area contributed by atoms with Gasteiger partial charge in [0.15, 0.2) is 6.54 Å². The molecule has 0 aliphatic rings. The monoisotopic (exact) mass is 402 g/mol.